The fraction of sp³-hybridized carbons (Fsp3) is 0.667. The molecule has 1 N–H and O–H groups in total. The Kier molecular flexibility index (Phi) is 4.05. The standard InChI is InChI=1S/C12H20Cl2NP/c1-11(2,3)9-7-8(16(13)14)10(15-9)12(4,5)6/h7,15H,1-6H3. The molecular weight excluding hydrogens is 260 g/mol. The third kappa shape index (κ3) is 3.15. The SMILES string of the molecule is CC(C)(C)c1cc(P(Cl)Cl)c(C(C)(C)C)[nH]1. The molecule has 0 aromatic carbocycles. The van der Waals surface area contributed by atoms with Crippen molar-refractivity contribution in [1.29, 1.82) is 0 Å². The van der Waals surface area contributed by atoms with Crippen LogP contribution in [0.25, 0.3) is 0 Å². The second kappa shape index (κ2) is 4.52. The maximum atomic E-state index is 6.09. The van der Waals surface area contributed by atoms with Gasteiger partial charge in [0.2, 0.25) is 0 Å². The quantitative estimate of drug-likeness (QED) is 0.695. The first kappa shape index (κ1) is 14.4. The van der Waals surface area contributed by atoms with E-state index < -0.39 is 6.63 Å². The highest BCUT2D eigenvalue weighted by Crippen LogP contribution is 2.48. The molecule has 16 heavy (non-hydrogen) atoms. The Bertz CT molecular complexity index is 369. The van der Waals surface area contributed by atoms with Crippen molar-refractivity contribution in [2.45, 2.75) is 52.4 Å². The van der Waals surface area contributed by atoms with Gasteiger partial charge >= 0.3 is 0 Å². The monoisotopic (exact) mass is 279 g/mol. The molecule has 1 aromatic rings. The van der Waals surface area contributed by atoms with Crippen LogP contribution in [0.5, 0.6) is 0 Å². The van der Waals surface area contributed by atoms with Crippen LogP contribution in [0, 0.1) is 0 Å². The number of rotatable bonds is 1. The van der Waals surface area contributed by atoms with Crippen molar-refractivity contribution in [1.82, 2.24) is 4.98 Å². The first-order valence-electron chi connectivity index (χ1n) is 5.39. The lowest BCUT2D eigenvalue weighted by atomic mass is 9.92. The number of halogens is 2. The molecule has 0 saturated heterocycles. The molecule has 0 aliphatic rings. The molecule has 1 nitrogen and oxygen atoms in total. The van der Waals surface area contributed by atoms with Crippen molar-refractivity contribution in [3.05, 3.63) is 17.5 Å². The van der Waals surface area contributed by atoms with Crippen LogP contribution in [0.4, 0.5) is 0 Å². The minimum absolute atomic E-state index is 0.0448. The van der Waals surface area contributed by atoms with Gasteiger partial charge in [-0.2, -0.15) is 0 Å². The van der Waals surface area contributed by atoms with Crippen LogP contribution in [0.3, 0.4) is 0 Å². The molecule has 0 aliphatic heterocycles. The topological polar surface area (TPSA) is 15.8 Å². The van der Waals surface area contributed by atoms with E-state index in [2.05, 4.69) is 52.6 Å². The Morgan fingerprint density at radius 1 is 1.00 bits per heavy atom. The van der Waals surface area contributed by atoms with E-state index in [1.165, 1.54) is 5.69 Å². The van der Waals surface area contributed by atoms with Crippen molar-refractivity contribution in [3.63, 3.8) is 0 Å². The zero-order valence-electron chi connectivity index (χ0n) is 10.8. The first-order valence-corrected chi connectivity index (χ1v) is 8.54. The van der Waals surface area contributed by atoms with E-state index in [1.807, 2.05) is 0 Å². The number of hydrogen-bond donors (Lipinski definition) is 1. The van der Waals surface area contributed by atoms with E-state index in [9.17, 15) is 0 Å². The van der Waals surface area contributed by atoms with Gasteiger partial charge in [0.15, 0.2) is 0 Å². The third-order valence-electron chi connectivity index (χ3n) is 2.54. The van der Waals surface area contributed by atoms with E-state index in [-0.39, 0.29) is 10.8 Å². The Hall–Kier alpha value is 0.290. The minimum Gasteiger partial charge on any atom is -0.361 e. The van der Waals surface area contributed by atoms with Crippen LogP contribution in [-0.4, -0.2) is 4.98 Å². The molecule has 0 amide bonds. The lowest BCUT2D eigenvalue weighted by Crippen LogP contribution is -2.19. The van der Waals surface area contributed by atoms with Gasteiger partial charge in [-0.05, 0) is 6.07 Å². The highest BCUT2D eigenvalue weighted by Gasteiger charge is 2.27. The van der Waals surface area contributed by atoms with Crippen molar-refractivity contribution in [2.75, 3.05) is 0 Å². The maximum absolute atomic E-state index is 6.09. The van der Waals surface area contributed by atoms with Gasteiger partial charge in [-0.1, -0.05) is 64.0 Å². The summed E-state index contributed by atoms with van der Waals surface area (Å²) >= 11 is 12.2. The maximum Gasteiger partial charge on any atom is 0.118 e. The van der Waals surface area contributed by atoms with Crippen LogP contribution < -0.4 is 5.30 Å². The van der Waals surface area contributed by atoms with Gasteiger partial charge in [-0.25, -0.2) is 0 Å². The number of hydrogen-bond acceptors (Lipinski definition) is 0. The summed E-state index contributed by atoms with van der Waals surface area (Å²) in [5.74, 6) is 0. The number of aromatic nitrogens is 1. The van der Waals surface area contributed by atoms with Crippen molar-refractivity contribution >= 4 is 34.4 Å². The zero-order chi connectivity index (χ0) is 12.7. The zero-order valence-corrected chi connectivity index (χ0v) is 13.2. The summed E-state index contributed by atoms with van der Waals surface area (Å²) in [6, 6.07) is 2.12. The number of aromatic amines is 1. The van der Waals surface area contributed by atoms with Gasteiger partial charge in [-0.15, -0.1) is 0 Å². The molecule has 1 aromatic heterocycles. The summed E-state index contributed by atoms with van der Waals surface area (Å²) in [4.78, 5) is 3.49. The van der Waals surface area contributed by atoms with Gasteiger partial charge in [0, 0.05) is 27.5 Å². The molecule has 0 spiro atoms. The Morgan fingerprint density at radius 2 is 1.50 bits per heavy atom. The molecule has 1 rings (SSSR count). The van der Waals surface area contributed by atoms with Gasteiger partial charge in [-0.3, -0.25) is 0 Å². The predicted octanol–water partition coefficient (Wildman–Crippen LogP) is 5.02. The largest absolute Gasteiger partial charge is 0.361 e. The molecule has 0 unspecified atom stereocenters. The van der Waals surface area contributed by atoms with Gasteiger partial charge in [0.25, 0.3) is 0 Å². The Balaban J connectivity index is 3.32. The van der Waals surface area contributed by atoms with Crippen LogP contribution in [-0.2, 0) is 10.8 Å². The molecular formula is C12H20Cl2NP. The third-order valence-corrected chi connectivity index (χ3v) is 4.35. The van der Waals surface area contributed by atoms with E-state index in [0.29, 0.717) is 0 Å². The van der Waals surface area contributed by atoms with Crippen LogP contribution in [0.2, 0.25) is 0 Å². The number of H-pyrrole nitrogens is 1. The van der Waals surface area contributed by atoms with Crippen LogP contribution >= 0.6 is 29.1 Å². The normalized spacial score (nSPS) is 13.6. The number of nitrogens with one attached hydrogen (secondary N) is 1. The molecule has 0 bridgehead atoms. The molecule has 92 valence electrons. The summed E-state index contributed by atoms with van der Waals surface area (Å²) in [7, 11) is 0. The highest BCUT2D eigenvalue weighted by atomic mass is 35.9. The molecule has 0 atom stereocenters. The fourth-order valence-corrected chi connectivity index (χ4v) is 3.14. The Morgan fingerprint density at radius 3 is 1.75 bits per heavy atom. The lowest BCUT2D eigenvalue weighted by molar-refractivity contribution is 0.544. The fourth-order valence-electron chi connectivity index (χ4n) is 1.55. The van der Waals surface area contributed by atoms with Crippen molar-refractivity contribution < 1.29 is 0 Å². The second-order valence-corrected chi connectivity index (χ2v) is 9.67. The summed E-state index contributed by atoms with van der Waals surface area (Å²) in [6.45, 7) is 12.0. The molecule has 0 aliphatic carbocycles. The summed E-state index contributed by atoms with van der Waals surface area (Å²) in [5, 5.41) is 1.07. The summed E-state index contributed by atoms with van der Waals surface area (Å²) < 4.78 is 0. The first-order chi connectivity index (χ1) is 7.03. The molecule has 0 saturated carbocycles. The summed E-state index contributed by atoms with van der Waals surface area (Å²) in [5.41, 5.74) is 2.50. The van der Waals surface area contributed by atoms with Gasteiger partial charge in [0.1, 0.15) is 6.63 Å². The van der Waals surface area contributed by atoms with Crippen molar-refractivity contribution in [3.8, 4) is 0 Å². The minimum atomic E-state index is -1.09. The average Bonchev–Trinajstić information content (AvgIpc) is 2.44. The molecule has 0 fully saturated rings. The smallest absolute Gasteiger partial charge is 0.118 e. The lowest BCUT2D eigenvalue weighted by Gasteiger charge is -2.20. The molecule has 4 heteroatoms. The average molecular weight is 280 g/mol. The van der Waals surface area contributed by atoms with Crippen LogP contribution in [0.1, 0.15) is 52.9 Å². The second-order valence-electron chi connectivity index (χ2n) is 6.18. The van der Waals surface area contributed by atoms with E-state index in [4.69, 9.17) is 22.5 Å². The van der Waals surface area contributed by atoms with Crippen molar-refractivity contribution in [2.24, 2.45) is 0 Å². The Labute approximate surface area is 109 Å². The van der Waals surface area contributed by atoms with E-state index in [1.54, 1.807) is 0 Å². The predicted molar refractivity (Wildman–Crippen MR) is 76.5 cm³/mol. The van der Waals surface area contributed by atoms with Gasteiger partial charge < -0.3 is 4.98 Å². The summed E-state index contributed by atoms with van der Waals surface area (Å²) in [6.07, 6.45) is 0. The van der Waals surface area contributed by atoms with Crippen LogP contribution in [0.15, 0.2) is 6.07 Å². The molecule has 0 radical (unpaired) electrons. The van der Waals surface area contributed by atoms with E-state index in [0.717, 1.165) is 11.0 Å². The highest BCUT2D eigenvalue weighted by molar-refractivity contribution is 8.08. The van der Waals surface area contributed by atoms with E-state index >= 15 is 0 Å². The van der Waals surface area contributed by atoms with Gasteiger partial charge in [0.05, 0.1) is 0 Å². The molecule has 1 heterocycles.